The van der Waals surface area contributed by atoms with E-state index in [0.29, 0.717) is 0 Å². The average molecular weight is 405 g/mol. The van der Waals surface area contributed by atoms with Crippen LogP contribution in [0, 0.1) is 47.0 Å². The first-order valence-electron chi connectivity index (χ1n) is 3.33. The normalized spacial score (nSPS) is 5.74. The van der Waals surface area contributed by atoms with E-state index in [0.717, 1.165) is 0 Å². The van der Waals surface area contributed by atoms with Crippen LogP contribution >= 0.6 is 0 Å². The van der Waals surface area contributed by atoms with Gasteiger partial charge in [-0.1, -0.05) is 14.9 Å². The van der Waals surface area contributed by atoms with Crippen LogP contribution in [0.3, 0.4) is 0 Å². The summed E-state index contributed by atoms with van der Waals surface area (Å²) in [5.41, 5.74) is 0. The summed E-state index contributed by atoms with van der Waals surface area (Å²) in [6.45, 7) is -7.26. The van der Waals surface area contributed by atoms with Gasteiger partial charge < -0.3 is 26.3 Å². The van der Waals surface area contributed by atoms with Crippen LogP contribution in [0.2, 0.25) is 0 Å². The Balaban J connectivity index is -0.0000000212. The van der Waals surface area contributed by atoms with E-state index in [1.165, 1.54) is 17.9 Å². The molecule has 0 aliphatic carbocycles. The van der Waals surface area contributed by atoms with Gasteiger partial charge in [0.2, 0.25) is 0 Å². The minimum absolute atomic E-state index is 0. The van der Waals surface area contributed by atoms with Crippen molar-refractivity contribution in [3.05, 3.63) is 13.4 Å². The summed E-state index contributed by atoms with van der Waals surface area (Å²) in [5, 5.41) is 23.5. The van der Waals surface area contributed by atoms with Crippen LogP contribution in [0.4, 0.5) is 39.3 Å². The smallest absolute Gasteiger partial charge is 0.385 e. The van der Waals surface area contributed by atoms with E-state index in [4.69, 9.17) is 15.8 Å². The predicted molar refractivity (Wildman–Crippen MR) is 58.3 cm³/mol. The SMILES string of the molecule is C.C.FB(F)F.F[C-](F)F.F[C-](F)F.N#CB(C#N)C#N.[K+].[K+]. The zero-order chi connectivity index (χ0) is 16.4. The molecule has 0 aliphatic rings. The fraction of sp³-hybridized carbons (Fsp3) is 0.286. The van der Waals surface area contributed by atoms with Crippen LogP contribution in [0.1, 0.15) is 14.9 Å². The third-order valence-corrected chi connectivity index (χ3v) is 0.387. The van der Waals surface area contributed by atoms with Crippen LogP contribution < -0.4 is 103 Å². The summed E-state index contributed by atoms with van der Waals surface area (Å²) < 4.78 is 86.5. The fourth-order valence-corrected chi connectivity index (χ4v) is 0.0866. The summed E-state index contributed by atoms with van der Waals surface area (Å²) in [7, 11) is -3.67. The van der Waals surface area contributed by atoms with Crippen molar-refractivity contribution in [1.82, 2.24) is 0 Å². The third-order valence-electron chi connectivity index (χ3n) is 0.387. The molecule has 16 heteroatoms. The van der Waals surface area contributed by atoms with Crippen LogP contribution in [-0.4, -0.2) is 14.3 Å². The Bertz CT molecular complexity index is 251. The van der Waals surface area contributed by atoms with Crippen molar-refractivity contribution in [2.24, 2.45) is 0 Å². The van der Waals surface area contributed by atoms with E-state index < -0.39 is 27.6 Å². The maximum Gasteiger partial charge on any atom is 1.00 e. The molecule has 0 unspecified atom stereocenters. The molecule has 0 aromatic heterocycles. The first-order valence-corrected chi connectivity index (χ1v) is 3.33. The molecule has 0 heterocycles. The van der Waals surface area contributed by atoms with Gasteiger partial charge in [0.05, 0.1) is 0 Å². The number of halogens is 9. The molecule has 0 aromatic carbocycles. The molecule has 0 radical (unpaired) electrons. The monoisotopic (exact) mass is 405 g/mol. The standard InChI is InChI=1S/C3BN3.2CF3.2CH4.BF3.2K/c5-1-4(2-6)3-7;2*2-1(3)4;;;2-1(3)4;;/h;;;2*1H4;;;/q;2*-1;;;;2*+1. The zero-order valence-electron chi connectivity index (χ0n) is 10.4. The summed E-state index contributed by atoms with van der Waals surface area (Å²) in [5.74, 6) is 4.44. The first-order chi connectivity index (χ1) is 8.54. The molecular formula is C7H8B2F9K2N3. The Morgan fingerprint density at radius 3 is 0.696 bits per heavy atom. The molecule has 0 atom stereocenters. The quantitative estimate of drug-likeness (QED) is 0.280. The minimum Gasteiger partial charge on any atom is -0.385 e. The molecule has 0 aromatic rings. The Morgan fingerprint density at radius 2 is 0.696 bits per heavy atom. The molecule has 122 valence electrons. The molecule has 0 fully saturated rings. The molecule has 0 spiro atoms. The van der Waals surface area contributed by atoms with Crippen molar-refractivity contribution in [2.45, 2.75) is 14.9 Å². The van der Waals surface area contributed by atoms with Crippen molar-refractivity contribution in [2.75, 3.05) is 0 Å². The van der Waals surface area contributed by atoms with Gasteiger partial charge in [-0.25, -0.2) is 15.8 Å². The van der Waals surface area contributed by atoms with Crippen LogP contribution in [0.5, 0.6) is 0 Å². The molecule has 0 rings (SSSR count). The van der Waals surface area contributed by atoms with E-state index in [2.05, 4.69) is 0 Å². The van der Waals surface area contributed by atoms with Crippen LogP contribution in [0.25, 0.3) is 0 Å². The third kappa shape index (κ3) is 200. The van der Waals surface area contributed by atoms with Gasteiger partial charge in [-0.3, -0.25) is 12.9 Å². The van der Waals surface area contributed by atoms with E-state index in [9.17, 15) is 39.3 Å². The van der Waals surface area contributed by atoms with E-state index in [-0.39, 0.29) is 118 Å². The molecule has 0 saturated carbocycles. The maximum atomic E-state index is 9.67. The van der Waals surface area contributed by atoms with Crippen LogP contribution in [0.15, 0.2) is 0 Å². The first kappa shape index (κ1) is 49.6. The molecule has 0 N–H and O–H groups in total. The van der Waals surface area contributed by atoms with Crippen molar-refractivity contribution < 1.29 is 142 Å². The Morgan fingerprint density at radius 1 is 0.609 bits per heavy atom. The summed E-state index contributed by atoms with van der Waals surface area (Å²) in [6.07, 6.45) is 0. The van der Waals surface area contributed by atoms with Gasteiger partial charge in [-0.2, -0.15) is 0 Å². The summed E-state index contributed by atoms with van der Waals surface area (Å²) in [4.78, 5) is 0. The fourth-order valence-electron chi connectivity index (χ4n) is 0.0866. The van der Waals surface area contributed by atoms with E-state index >= 15 is 0 Å². The number of rotatable bonds is 0. The van der Waals surface area contributed by atoms with Crippen molar-refractivity contribution >= 4 is 14.3 Å². The number of nitriles is 3. The van der Waals surface area contributed by atoms with Gasteiger partial charge in [0.1, 0.15) is 0 Å². The van der Waals surface area contributed by atoms with Crippen LogP contribution in [-0.2, 0) is 0 Å². The molecule has 0 aliphatic heterocycles. The zero-order valence-corrected chi connectivity index (χ0v) is 16.6. The summed E-state index contributed by atoms with van der Waals surface area (Å²) >= 11 is 0. The van der Waals surface area contributed by atoms with Gasteiger partial charge in [-0.15, -0.1) is 0 Å². The van der Waals surface area contributed by atoms with Gasteiger partial charge >= 0.3 is 117 Å². The van der Waals surface area contributed by atoms with Gasteiger partial charge in [0.25, 0.3) is 0 Å². The van der Waals surface area contributed by atoms with Gasteiger partial charge in [0, 0.05) is 17.9 Å². The number of hydrogen-bond acceptors (Lipinski definition) is 3. The average Bonchev–Trinajstić information content (AvgIpc) is 2.17. The largest absolute Gasteiger partial charge is 1.00 e. The second-order valence-corrected chi connectivity index (χ2v) is 1.50. The number of hydrogen-bond donors (Lipinski definition) is 0. The van der Waals surface area contributed by atoms with E-state index in [1.54, 1.807) is 0 Å². The molecule has 0 amide bonds. The van der Waals surface area contributed by atoms with Crippen molar-refractivity contribution in [3.8, 4) is 17.9 Å². The molecular weight excluding hydrogens is 397 g/mol. The molecule has 23 heavy (non-hydrogen) atoms. The maximum absolute atomic E-state index is 9.67. The Hall–Kier alpha value is 1.24. The topological polar surface area (TPSA) is 71.4 Å². The molecule has 0 bridgehead atoms. The summed E-state index contributed by atoms with van der Waals surface area (Å²) in [6, 6.07) is 0. The predicted octanol–water partition coefficient (Wildman–Crippen LogP) is -1.49. The minimum atomic E-state index is -3.67. The van der Waals surface area contributed by atoms with E-state index in [1.807, 2.05) is 0 Å². The molecule has 0 saturated heterocycles. The van der Waals surface area contributed by atoms with Crippen molar-refractivity contribution in [3.63, 3.8) is 0 Å². The molecule has 3 nitrogen and oxygen atoms in total. The Labute approximate surface area is 214 Å². The second kappa shape index (κ2) is 43.6. The number of nitrogens with zero attached hydrogens (tertiary/aromatic N) is 3. The van der Waals surface area contributed by atoms with Gasteiger partial charge in [0.15, 0.2) is 13.4 Å². The second-order valence-electron chi connectivity index (χ2n) is 1.50. The Kier molecular flexibility index (Phi) is 94.1. The van der Waals surface area contributed by atoms with Crippen molar-refractivity contribution in [1.29, 1.82) is 15.8 Å². The van der Waals surface area contributed by atoms with Gasteiger partial charge in [-0.05, 0) is 0 Å².